The number of hydrogen-bond donors (Lipinski definition) is 3. The summed E-state index contributed by atoms with van der Waals surface area (Å²) in [5.74, 6) is -1.45. The monoisotopic (exact) mass is 216 g/mol. The van der Waals surface area contributed by atoms with Crippen LogP contribution < -0.4 is 10.6 Å². The van der Waals surface area contributed by atoms with Crippen LogP contribution in [0, 0.1) is 5.92 Å². The number of carbonyl (C=O) groups is 2. The summed E-state index contributed by atoms with van der Waals surface area (Å²) in [6.45, 7) is 6.17. The normalized spacial score (nSPS) is 14.3. The van der Waals surface area contributed by atoms with E-state index in [1.165, 1.54) is 0 Å². The maximum Gasteiger partial charge on any atom is 0.307 e. The maximum atomic E-state index is 11.2. The quantitative estimate of drug-likeness (QED) is 0.568. The van der Waals surface area contributed by atoms with E-state index in [1.54, 1.807) is 13.8 Å². The molecule has 0 bridgehead atoms. The summed E-state index contributed by atoms with van der Waals surface area (Å²) in [6.07, 6.45) is 0.896. The molecule has 0 aromatic carbocycles. The molecule has 2 unspecified atom stereocenters. The van der Waals surface area contributed by atoms with Gasteiger partial charge in [0.15, 0.2) is 0 Å². The van der Waals surface area contributed by atoms with Crippen LogP contribution in [-0.2, 0) is 9.59 Å². The van der Waals surface area contributed by atoms with E-state index in [2.05, 4.69) is 10.6 Å². The van der Waals surface area contributed by atoms with Crippen LogP contribution >= 0.6 is 0 Å². The first-order valence-corrected chi connectivity index (χ1v) is 5.22. The molecule has 0 saturated heterocycles. The lowest BCUT2D eigenvalue weighted by Gasteiger charge is -2.17. The summed E-state index contributed by atoms with van der Waals surface area (Å²) in [5, 5.41) is 14.3. The van der Waals surface area contributed by atoms with Crippen molar-refractivity contribution in [3.05, 3.63) is 0 Å². The number of carboxylic acids is 1. The van der Waals surface area contributed by atoms with E-state index in [1.807, 2.05) is 6.92 Å². The third kappa shape index (κ3) is 6.06. The molecule has 3 N–H and O–H groups in total. The molecular weight excluding hydrogens is 196 g/mol. The molecule has 0 aromatic rings. The minimum absolute atomic E-state index is 0.0960. The van der Waals surface area contributed by atoms with E-state index in [0.29, 0.717) is 6.54 Å². The van der Waals surface area contributed by atoms with Crippen molar-refractivity contribution < 1.29 is 14.7 Å². The molecule has 0 aliphatic rings. The number of amides is 1. The second-order valence-electron chi connectivity index (χ2n) is 3.65. The number of nitrogens with one attached hydrogen (secondary N) is 2. The summed E-state index contributed by atoms with van der Waals surface area (Å²) in [4.78, 5) is 21.8. The lowest BCUT2D eigenvalue weighted by molar-refractivity contribution is -0.142. The van der Waals surface area contributed by atoms with Gasteiger partial charge >= 0.3 is 5.97 Å². The van der Waals surface area contributed by atoms with Gasteiger partial charge in [-0.15, -0.1) is 0 Å². The number of carbonyl (C=O) groups excluding carboxylic acids is 1. The molecule has 5 nitrogen and oxygen atoms in total. The third-order valence-electron chi connectivity index (χ3n) is 2.30. The van der Waals surface area contributed by atoms with Crippen molar-refractivity contribution in [2.45, 2.75) is 33.2 Å². The smallest absolute Gasteiger partial charge is 0.307 e. The Labute approximate surface area is 90.2 Å². The molecular formula is C10H20N2O3. The molecule has 0 saturated carbocycles. The van der Waals surface area contributed by atoms with Crippen molar-refractivity contribution in [2.24, 2.45) is 5.92 Å². The number of hydrogen-bond acceptors (Lipinski definition) is 3. The van der Waals surface area contributed by atoms with E-state index >= 15 is 0 Å². The highest BCUT2D eigenvalue weighted by atomic mass is 16.4. The Kier molecular flexibility index (Phi) is 6.70. The molecule has 0 heterocycles. The first kappa shape index (κ1) is 13.9. The average molecular weight is 216 g/mol. The van der Waals surface area contributed by atoms with E-state index < -0.39 is 11.9 Å². The van der Waals surface area contributed by atoms with Crippen LogP contribution in [0.2, 0.25) is 0 Å². The summed E-state index contributed by atoms with van der Waals surface area (Å²) in [5.41, 5.74) is 0. The lowest BCUT2D eigenvalue weighted by atomic mass is 10.0. The van der Waals surface area contributed by atoms with Gasteiger partial charge < -0.3 is 15.7 Å². The van der Waals surface area contributed by atoms with E-state index in [9.17, 15) is 9.59 Å². The molecule has 0 aromatic heterocycles. The van der Waals surface area contributed by atoms with E-state index in [0.717, 1.165) is 6.42 Å². The van der Waals surface area contributed by atoms with Gasteiger partial charge in [0.25, 0.3) is 0 Å². The van der Waals surface area contributed by atoms with Gasteiger partial charge in [-0.3, -0.25) is 9.59 Å². The van der Waals surface area contributed by atoms with Crippen LogP contribution in [0.4, 0.5) is 0 Å². The first-order chi connectivity index (χ1) is 6.99. The molecule has 2 atom stereocenters. The maximum absolute atomic E-state index is 11.2. The van der Waals surface area contributed by atoms with Gasteiger partial charge in [0, 0.05) is 12.6 Å². The highest BCUT2D eigenvalue weighted by molar-refractivity contribution is 5.78. The lowest BCUT2D eigenvalue weighted by Crippen LogP contribution is -2.42. The van der Waals surface area contributed by atoms with Crippen molar-refractivity contribution in [3.8, 4) is 0 Å². The summed E-state index contributed by atoms with van der Waals surface area (Å²) in [7, 11) is 0. The first-order valence-electron chi connectivity index (χ1n) is 5.22. The summed E-state index contributed by atoms with van der Waals surface area (Å²) < 4.78 is 0. The summed E-state index contributed by atoms with van der Waals surface area (Å²) in [6, 6.07) is -0.213. The molecule has 15 heavy (non-hydrogen) atoms. The number of rotatable bonds is 7. The van der Waals surface area contributed by atoms with Gasteiger partial charge in [0.05, 0.1) is 12.5 Å². The topological polar surface area (TPSA) is 78.4 Å². The van der Waals surface area contributed by atoms with Gasteiger partial charge in [0.2, 0.25) is 5.91 Å². The highest BCUT2D eigenvalue weighted by Gasteiger charge is 2.19. The van der Waals surface area contributed by atoms with Crippen LogP contribution in [0.25, 0.3) is 0 Å². The Morgan fingerprint density at radius 1 is 1.33 bits per heavy atom. The van der Waals surface area contributed by atoms with Gasteiger partial charge in [-0.25, -0.2) is 0 Å². The van der Waals surface area contributed by atoms with Crippen molar-refractivity contribution >= 4 is 11.9 Å². The molecule has 5 heteroatoms. The second-order valence-corrected chi connectivity index (χ2v) is 3.65. The van der Waals surface area contributed by atoms with Crippen LogP contribution in [0.1, 0.15) is 27.2 Å². The van der Waals surface area contributed by atoms with Crippen molar-refractivity contribution in [1.29, 1.82) is 0 Å². The minimum atomic E-state index is -0.857. The van der Waals surface area contributed by atoms with Gasteiger partial charge in [-0.2, -0.15) is 0 Å². The van der Waals surface area contributed by atoms with Crippen molar-refractivity contribution in [1.82, 2.24) is 10.6 Å². The van der Waals surface area contributed by atoms with E-state index in [-0.39, 0.29) is 18.5 Å². The molecule has 1 amide bonds. The zero-order valence-corrected chi connectivity index (χ0v) is 9.54. The minimum Gasteiger partial charge on any atom is -0.481 e. The predicted octanol–water partition coefficient (Wildman–Crippen LogP) is 0.211. The van der Waals surface area contributed by atoms with Gasteiger partial charge in [-0.05, 0) is 13.3 Å². The highest BCUT2D eigenvalue weighted by Crippen LogP contribution is 2.01. The zero-order valence-electron chi connectivity index (χ0n) is 9.54. The molecule has 0 spiro atoms. The van der Waals surface area contributed by atoms with Crippen LogP contribution in [0.15, 0.2) is 0 Å². The Balaban J connectivity index is 3.75. The van der Waals surface area contributed by atoms with Gasteiger partial charge in [-0.1, -0.05) is 13.8 Å². The van der Waals surface area contributed by atoms with Crippen LogP contribution in [0.3, 0.4) is 0 Å². The van der Waals surface area contributed by atoms with Crippen molar-refractivity contribution in [2.75, 3.05) is 13.1 Å². The second kappa shape index (κ2) is 7.23. The largest absolute Gasteiger partial charge is 0.481 e. The molecule has 0 radical (unpaired) electrons. The molecule has 0 aliphatic heterocycles. The van der Waals surface area contributed by atoms with E-state index in [4.69, 9.17) is 5.11 Å². The average Bonchev–Trinajstić information content (AvgIpc) is 2.21. The molecule has 0 rings (SSSR count). The fraction of sp³-hybridized carbons (Fsp3) is 0.800. The Morgan fingerprint density at radius 2 is 1.93 bits per heavy atom. The summed E-state index contributed by atoms with van der Waals surface area (Å²) >= 11 is 0. The molecule has 0 fully saturated rings. The predicted molar refractivity (Wildman–Crippen MR) is 57.6 cm³/mol. The standard InChI is InChI=1S/C10H20N2O3/c1-4-5-11-9(13)6-12-8(3)7(2)10(14)15/h7-8,12H,4-6H2,1-3H3,(H,11,13)(H,14,15). The number of aliphatic carboxylic acids is 1. The van der Waals surface area contributed by atoms with Crippen LogP contribution in [-0.4, -0.2) is 36.1 Å². The Bertz CT molecular complexity index is 219. The third-order valence-corrected chi connectivity index (χ3v) is 2.30. The van der Waals surface area contributed by atoms with Crippen LogP contribution in [0.5, 0.6) is 0 Å². The molecule has 0 aliphatic carbocycles. The molecule has 88 valence electrons. The van der Waals surface area contributed by atoms with Gasteiger partial charge in [0.1, 0.15) is 0 Å². The fourth-order valence-electron chi connectivity index (χ4n) is 0.971. The van der Waals surface area contributed by atoms with Crippen molar-refractivity contribution in [3.63, 3.8) is 0 Å². The Morgan fingerprint density at radius 3 is 2.40 bits per heavy atom. The zero-order chi connectivity index (χ0) is 11.8. The Hall–Kier alpha value is -1.10. The number of carboxylic acid groups (broad SMARTS) is 1. The SMILES string of the molecule is CCCNC(=O)CNC(C)C(C)C(=O)O. The fourth-order valence-corrected chi connectivity index (χ4v) is 0.971.